The summed E-state index contributed by atoms with van der Waals surface area (Å²) in [5.74, 6) is -1.26. The summed E-state index contributed by atoms with van der Waals surface area (Å²) in [6, 6.07) is -0.0622. The molecular weight excluding hydrogens is 246 g/mol. The van der Waals surface area contributed by atoms with Crippen molar-refractivity contribution >= 4 is 11.9 Å². The molecule has 2 bridgehead atoms. The molecule has 19 heavy (non-hydrogen) atoms. The fraction of sp³-hybridized carbons (Fsp3) is 0.615. The number of rotatable bonds is 2. The first-order chi connectivity index (χ1) is 9.00. The van der Waals surface area contributed by atoms with E-state index in [1.165, 1.54) is 0 Å². The van der Waals surface area contributed by atoms with Gasteiger partial charge in [-0.1, -0.05) is 0 Å². The molecule has 3 rings (SSSR count). The van der Waals surface area contributed by atoms with Gasteiger partial charge in [-0.2, -0.15) is 5.10 Å². The second-order valence-electron chi connectivity index (χ2n) is 5.46. The van der Waals surface area contributed by atoms with Crippen LogP contribution in [0.15, 0.2) is 6.20 Å². The first-order valence-corrected chi connectivity index (χ1v) is 6.54. The molecule has 0 aromatic carbocycles. The van der Waals surface area contributed by atoms with Crippen LogP contribution in [0.5, 0.6) is 0 Å². The van der Waals surface area contributed by atoms with Gasteiger partial charge in [0.05, 0.1) is 17.7 Å². The van der Waals surface area contributed by atoms with Crippen LogP contribution >= 0.6 is 0 Å². The van der Waals surface area contributed by atoms with Gasteiger partial charge in [-0.05, 0) is 26.2 Å². The number of carboxylic acid groups (broad SMARTS) is 1. The molecule has 6 heteroatoms. The number of hydrogen-bond acceptors (Lipinski definition) is 3. The Morgan fingerprint density at radius 3 is 2.68 bits per heavy atom. The molecule has 102 valence electrons. The zero-order valence-electron chi connectivity index (χ0n) is 11.0. The fourth-order valence-electron chi connectivity index (χ4n) is 3.42. The molecule has 1 aromatic heterocycles. The van der Waals surface area contributed by atoms with Crippen molar-refractivity contribution < 1.29 is 14.7 Å². The van der Waals surface area contributed by atoms with E-state index in [2.05, 4.69) is 5.10 Å². The van der Waals surface area contributed by atoms with E-state index >= 15 is 0 Å². The van der Waals surface area contributed by atoms with E-state index in [1.54, 1.807) is 22.8 Å². The molecule has 1 N–H and O–H groups in total. The van der Waals surface area contributed by atoms with Crippen molar-refractivity contribution in [2.24, 2.45) is 13.0 Å². The molecule has 1 aromatic rings. The highest BCUT2D eigenvalue weighted by Crippen LogP contribution is 2.42. The molecule has 6 nitrogen and oxygen atoms in total. The summed E-state index contributed by atoms with van der Waals surface area (Å²) in [5, 5.41) is 13.3. The molecule has 3 heterocycles. The molecule has 2 aliphatic rings. The third-order valence-electron chi connectivity index (χ3n) is 4.55. The molecule has 2 saturated heterocycles. The summed E-state index contributed by atoms with van der Waals surface area (Å²) in [5.41, 5.74) is 1.41. The van der Waals surface area contributed by atoms with Crippen LogP contribution < -0.4 is 0 Å². The summed E-state index contributed by atoms with van der Waals surface area (Å²) in [7, 11) is 1.80. The van der Waals surface area contributed by atoms with Crippen LogP contribution in [-0.4, -0.2) is 43.7 Å². The number of hydrogen-bond donors (Lipinski definition) is 1. The predicted octanol–water partition coefficient (Wildman–Crippen LogP) is 0.806. The second-order valence-corrected chi connectivity index (χ2v) is 5.46. The van der Waals surface area contributed by atoms with Crippen molar-refractivity contribution in [1.29, 1.82) is 0 Å². The fourth-order valence-corrected chi connectivity index (χ4v) is 3.42. The predicted molar refractivity (Wildman–Crippen MR) is 66.7 cm³/mol. The molecule has 0 spiro atoms. The molecule has 0 radical (unpaired) electrons. The van der Waals surface area contributed by atoms with Crippen molar-refractivity contribution in [3.8, 4) is 0 Å². The number of aromatic nitrogens is 2. The third kappa shape index (κ3) is 1.66. The van der Waals surface area contributed by atoms with Crippen molar-refractivity contribution in [1.82, 2.24) is 14.7 Å². The highest BCUT2D eigenvalue weighted by molar-refractivity contribution is 5.96. The minimum atomic E-state index is -0.784. The van der Waals surface area contributed by atoms with Crippen molar-refractivity contribution in [2.75, 3.05) is 0 Å². The number of fused-ring (bicyclic) bond motifs is 2. The Balaban J connectivity index is 1.89. The second kappa shape index (κ2) is 4.08. The van der Waals surface area contributed by atoms with Gasteiger partial charge in [-0.3, -0.25) is 14.3 Å². The van der Waals surface area contributed by atoms with E-state index in [4.69, 9.17) is 0 Å². The number of nitrogens with zero attached hydrogens (tertiary/aromatic N) is 3. The van der Waals surface area contributed by atoms with Gasteiger partial charge < -0.3 is 10.0 Å². The minimum absolute atomic E-state index is 0.0677. The van der Waals surface area contributed by atoms with E-state index in [1.807, 2.05) is 6.92 Å². The first kappa shape index (κ1) is 12.2. The maximum atomic E-state index is 12.6. The van der Waals surface area contributed by atoms with Crippen LogP contribution in [0.3, 0.4) is 0 Å². The molecule has 0 saturated carbocycles. The molecule has 2 aliphatic heterocycles. The number of carbonyl (C=O) groups excluding carboxylic acids is 1. The quantitative estimate of drug-likeness (QED) is 0.856. The number of aryl methyl sites for hydroxylation is 1. The van der Waals surface area contributed by atoms with Crippen LogP contribution in [0.25, 0.3) is 0 Å². The van der Waals surface area contributed by atoms with Crippen molar-refractivity contribution in [3.05, 3.63) is 17.5 Å². The molecule has 2 fully saturated rings. The average Bonchev–Trinajstić information content (AvgIpc) is 3.03. The number of carboxylic acids is 1. The molecule has 1 amide bonds. The zero-order valence-corrected chi connectivity index (χ0v) is 11.0. The van der Waals surface area contributed by atoms with Crippen molar-refractivity contribution in [2.45, 2.75) is 38.3 Å². The van der Waals surface area contributed by atoms with E-state index < -0.39 is 11.9 Å². The average molecular weight is 263 g/mol. The van der Waals surface area contributed by atoms with E-state index in [0.717, 1.165) is 18.5 Å². The highest BCUT2D eigenvalue weighted by atomic mass is 16.4. The first-order valence-electron chi connectivity index (χ1n) is 6.54. The van der Waals surface area contributed by atoms with Gasteiger partial charge in [-0.25, -0.2) is 0 Å². The highest BCUT2D eigenvalue weighted by Gasteiger charge is 2.51. The maximum Gasteiger partial charge on any atom is 0.308 e. The lowest BCUT2D eigenvalue weighted by molar-refractivity contribution is -0.142. The number of carbonyl (C=O) groups is 2. The van der Waals surface area contributed by atoms with Crippen LogP contribution in [0.4, 0.5) is 0 Å². The smallest absolute Gasteiger partial charge is 0.308 e. The Morgan fingerprint density at radius 2 is 2.16 bits per heavy atom. The minimum Gasteiger partial charge on any atom is -0.481 e. The largest absolute Gasteiger partial charge is 0.481 e. The molecule has 3 atom stereocenters. The van der Waals surface area contributed by atoms with Gasteiger partial charge >= 0.3 is 5.97 Å². The van der Waals surface area contributed by atoms with Gasteiger partial charge in [-0.15, -0.1) is 0 Å². The van der Waals surface area contributed by atoms with E-state index in [0.29, 0.717) is 12.0 Å². The van der Waals surface area contributed by atoms with Crippen LogP contribution in [0, 0.1) is 12.8 Å². The lowest BCUT2D eigenvalue weighted by Crippen LogP contribution is -2.38. The Labute approximate surface area is 111 Å². The van der Waals surface area contributed by atoms with E-state index in [-0.39, 0.29) is 18.0 Å². The number of amides is 1. The molecule has 3 unspecified atom stereocenters. The Morgan fingerprint density at radius 1 is 1.42 bits per heavy atom. The monoisotopic (exact) mass is 263 g/mol. The Kier molecular flexibility index (Phi) is 2.62. The Hall–Kier alpha value is -1.85. The van der Waals surface area contributed by atoms with Gasteiger partial charge in [0.15, 0.2) is 0 Å². The Bertz CT molecular complexity index is 551. The van der Waals surface area contributed by atoms with E-state index in [9.17, 15) is 14.7 Å². The van der Waals surface area contributed by atoms with Crippen LogP contribution in [-0.2, 0) is 11.8 Å². The van der Waals surface area contributed by atoms with Crippen LogP contribution in [0.1, 0.15) is 35.3 Å². The zero-order chi connectivity index (χ0) is 13.7. The topological polar surface area (TPSA) is 75.4 Å². The standard InChI is InChI=1S/C13H17N3O3/c1-7-10(6-14-15(7)2)12(17)16-8-3-4-11(16)9(5-8)13(18)19/h6,8-9,11H,3-5H2,1-2H3,(H,18,19). The van der Waals surface area contributed by atoms with Crippen LogP contribution in [0.2, 0.25) is 0 Å². The summed E-state index contributed by atoms with van der Waals surface area (Å²) >= 11 is 0. The number of aliphatic carboxylic acids is 1. The molecular formula is C13H17N3O3. The third-order valence-corrected chi connectivity index (χ3v) is 4.55. The van der Waals surface area contributed by atoms with Crippen molar-refractivity contribution in [3.63, 3.8) is 0 Å². The van der Waals surface area contributed by atoms with Gasteiger partial charge in [0.1, 0.15) is 0 Å². The van der Waals surface area contributed by atoms with Gasteiger partial charge in [0, 0.05) is 24.8 Å². The summed E-state index contributed by atoms with van der Waals surface area (Å²) in [6.07, 6.45) is 3.88. The normalized spacial score (nSPS) is 28.9. The summed E-state index contributed by atoms with van der Waals surface area (Å²) in [6.45, 7) is 1.85. The summed E-state index contributed by atoms with van der Waals surface area (Å²) in [4.78, 5) is 25.6. The molecule has 0 aliphatic carbocycles. The van der Waals surface area contributed by atoms with Gasteiger partial charge in [0.2, 0.25) is 0 Å². The lowest BCUT2D eigenvalue weighted by Gasteiger charge is -2.22. The maximum absolute atomic E-state index is 12.6. The summed E-state index contributed by atoms with van der Waals surface area (Å²) < 4.78 is 1.67. The van der Waals surface area contributed by atoms with Gasteiger partial charge in [0.25, 0.3) is 5.91 Å². The lowest BCUT2D eigenvalue weighted by atomic mass is 9.89. The SMILES string of the molecule is Cc1c(C(=O)N2C3CCC2C(C(=O)O)C3)cnn1C.